The van der Waals surface area contributed by atoms with Crippen LogP contribution in [-0.4, -0.2) is 80.0 Å². The zero-order valence-electron chi connectivity index (χ0n) is 17.5. The minimum Gasteiger partial charge on any atom is -0.379 e. The Labute approximate surface area is 178 Å². The van der Waals surface area contributed by atoms with E-state index in [9.17, 15) is 4.79 Å². The highest BCUT2D eigenvalue weighted by Gasteiger charge is 2.32. The normalized spacial score (nSPS) is 16.0. The Morgan fingerprint density at radius 3 is 1.81 bits per heavy atom. The zero-order chi connectivity index (χ0) is 18.3. The van der Waals surface area contributed by atoms with Crippen LogP contribution in [0.4, 0.5) is 4.79 Å². The molecule has 27 heavy (non-hydrogen) atoms. The number of carbonyl (C=O) groups is 1. The van der Waals surface area contributed by atoms with Crippen molar-refractivity contribution in [3.63, 3.8) is 0 Å². The minimum absolute atomic E-state index is 0. The van der Waals surface area contributed by atoms with Crippen LogP contribution < -0.4 is 0 Å². The van der Waals surface area contributed by atoms with Crippen LogP contribution in [0.1, 0.15) is 59.3 Å². The summed E-state index contributed by atoms with van der Waals surface area (Å²) >= 11 is 0. The number of morpholine rings is 1. The summed E-state index contributed by atoms with van der Waals surface area (Å²) in [6, 6.07) is 0. The van der Waals surface area contributed by atoms with Crippen LogP contribution in [0.2, 0.25) is 0 Å². The molecule has 0 aliphatic carbocycles. The quantitative estimate of drug-likeness (QED) is 0.434. The SMILES string of the molecule is CCCCN(CCCC)CCN1CCOCC1.CCCCN1OC1=O.Cl.Cl. The summed E-state index contributed by atoms with van der Waals surface area (Å²) in [5, 5.41) is 1.36. The van der Waals surface area contributed by atoms with Gasteiger partial charge in [0.25, 0.3) is 0 Å². The predicted molar refractivity (Wildman–Crippen MR) is 116 cm³/mol. The molecule has 0 aromatic rings. The second-order valence-electron chi connectivity index (χ2n) is 6.82. The summed E-state index contributed by atoms with van der Waals surface area (Å²) in [5.74, 6) is 0. The van der Waals surface area contributed by atoms with Gasteiger partial charge in [0, 0.05) is 26.2 Å². The monoisotopic (exact) mass is 429 g/mol. The largest absolute Gasteiger partial charge is 0.468 e. The van der Waals surface area contributed by atoms with Gasteiger partial charge >= 0.3 is 6.09 Å². The van der Waals surface area contributed by atoms with Gasteiger partial charge in [0.1, 0.15) is 0 Å². The molecule has 2 aliphatic heterocycles. The van der Waals surface area contributed by atoms with Crippen molar-refractivity contribution in [3.05, 3.63) is 0 Å². The van der Waals surface area contributed by atoms with Crippen molar-refractivity contribution in [3.8, 4) is 0 Å². The van der Waals surface area contributed by atoms with Gasteiger partial charge in [-0.1, -0.05) is 40.0 Å². The Balaban J connectivity index is 0. The average molecular weight is 430 g/mol. The first kappa shape index (κ1) is 28.9. The first-order valence-corrected chi connectivity index (χ1v) is 10.2. The van der Waals surface area contributed by atoms with E-state index < -0.39 is 0 Å². The van der Waals surface area contributed by atoms with Gasteiger partial charge < -0.3 is 14.5 Å². The second-order valence-corrected chi connectivity index (χ2v) is 6.82. The van der Waals surface area contributed by atoms with Gasteiger partial charge in [-0.05, 0) is 32.4 Å². The molecule has 2 heterocycles. The highest BCUT2D eigenvalue weighted by atomic mass is 35.5. The van der Waals surface area contributed by atoms with Crippen LogP contribution in [0, 0.1) is 0 Å². The van der Waals surface area contributed by atoms with Crippen molar-refractivity contribution in [2.24, 2.45) is 0 Å². The predicted octanol–water partition coefficient (Wildman–Crippen LogP) is 4.22. The van der Waals surface area contributed by atoms with Crippen LogP contribution in [-0.2, 0) is 9.57 Å². The third kappa shape index (κ3) is 15.3. The third-order valence-corrected chi connectivity index (χ3v) is 4.57. The summed E-state index contributed by atoms with van der Waals surface area (Å²) in [7, 11) is 0. The number of nitrogens with zero attached hydrogens (tertiary/aromatic N) is 3. The van der Waals surface area contributed by atoms with Gasteiger partial charge in [-0.3, -0.25) is 4.90 Å². The van der Waals surface area contributed by atoms with Crippen molar-refractivity contribution >= 4 is 30.9 Å². The van der Waals surface area contributed by atoms with Gasteiger partial charge in [0.05, 0.1) is 19.8 Å². The highest BCUT2D eigenvalue weighted by Crippen LogP contribution is 2.11. The fraction of sp³-hybridized carbons (Fsp3) is 0.947. The standard InChI is InChI=1S/C14H30N2O.C5H9NO2.2ClH/c1-3-5-7-15(8-6-4-2)9-10-16-11-13-17-14-12-16;1-2-3-4-6-5(7)8-6;;/h3-14H2,1-2H3;2-4H2,1H3;2*1H. The lowest BCUT2D eigenvalue weighted by Crippen LogP contribution is -2.41. The van der Waals surface area contributed by atoms with E-state index in [0.29, 0.717) is 0 Å². The molecule has 2 rings (SSSR count). The zero-order valence-corrected chi connectivity index (χ0v) is 19.1. The highest BCUT2D eigenvalue weighted by molar-refractivity contribution is 5.85. The van der Waals surface area contributed by atoms with E-state index in [1.54, 1.807) is 0 Å². The van der Waals surface area contributed by atoms with Gasteiger partial charge in [-0.15, -0.1) is 29.9 Å². The minimum atomic E-state index is -0.182. The van der Waals surface area contributed by atoms with Crippen molar-refractivity contribution in [2.45, 2.75) is 59.3 Å². The number of carbonyl (C=O) groups excluding carboxylic acids is 1. The summed E-state index contributed by atoms with van der Waals surface area (Å²) in [6.45, 7) is 16.5. The maximum Gasteiger partial charge on any atom is 0.468 e. The Morgan fingerprint density at radius 1 is 0.852 bits per heavy atom. The molecule has 0 aromatic heterocycles. The van der Waals surface area contributed by atoms with Crippen molar-refractivity contribution in [1.29, 1.82) is 0 Å². The van der Waals surface area contributed by atoms with Gasteiger partial charge in [-0.25, -0.2) is 4.79 Å². The van der Waals surface area contributed by atoms with E-state index in [1.165, 1.54) is 56.9 Å². The van der Waals surface area contributed by atoms with Gasteiger partial charge in [0.2, 0.25) is 0 Å². The number of halogens is 2. The smallest absolute Gasteiger partial charge is 0.379 e. The first-order valence-electron chi connectivity index (χ1n) is 10.2. The Bertz CT molecular complexity index is 338. The molecular weight excluding hydrogens is 389 g/mol. The number of amides is 1. The van der Waals surface area contributed by atoms with Crippen LogP contribution >= 0.6 is 24.8 Å². The lowest BCUT2D eigenvalue weighted by Gasteiger charge is -2.30. The molecule has 0 N–H and O–H groups in total. The lowest BCUT2D eigenvalue weighted by atomic mass is 10.2. The van der Waals surface area contributed by atoms with E-state index in [2.05, 4.69) is 35.4 Å². The molecule has 6 nitrogen and oxygen atoms in total. The Morgan fingerprint density at radius 2 is 1.37 bits per heavy atom. The van der Waals surface area contributed by atoms with Gasteiger partial charge in [0.15, 0.2) is 0 Å². The molecule has 8 heteroatoms. The average Bonchev–Trinajstić information content (AvgIpc) is 3.36. The molecule has 2 saturated heterocycles. The maximum absolute atomic E-state index is 10.1. The third-order valence-electron chi connectivity index (χ3n) is 4.57. The first-order chi connectivity index (χ1) is 12.2. The van der Waals surface area contributed by atoms with E-state index in [-0.39, 0.29) is 30.9 Å². The summed E-state index contributed by atoms with van der Waals surface area (Å²) in [4.78, 5) is 19.7. The molecule has 0 aromatic carbocycles. The second kappa shape index (κ2) is 19.1. The Hall–Kier alpha value is -0.270. The number of hydrogen-bond donors (Lipinski definition) is 0. The molecule has 0 radical (unpaired) electrons. The van der Waals surface area contributed by atoms with Crippen molar-refractivity contribution in [2.75, 3.05) is 59.0 Å². The fourth-order valence-corrected chi connectivity index (χ4v) is 2.72. The van der Waals surface area contributed by atoms with E-state index in [1.807, 2.05) is 0 Å². The topological polar surface area (TPSA) is 48.3 Å². The summed E-state index contributed by atoms with van der Waals surface area (Å²) < 4.78 is 5.38. The number of ether oxygens (including phenoxy) is 1. The summed E-state index contributed by atoms with van der Waals surface area (Å²) in [5.41, 5.74) is 0. The molecule has 2 aliphatic rings. The van der Waals surface area contributed by atoms with E-state index in [0.717, 1.165) is 45.7 Å². The van der Waals surface area contributed by atoms with Crippen molar-refractivity contribution in [1.82, 2.24) is 14.9 Å². The summed E-state index contributed by atoms with van der Waals surface area (Å²) in [6.07, 6.45) is 7.25. The molecule has 1 amide bonds. The maximum atomic E-state index is 10.1. The molecular formula is C19H41Cl2N3O3. The molecule has 0 atom stereocenters. The van der Waals surface area contributed by atoms with E-state index in [4.69, 9.17) is 4.74 Å². The fourth-order valence-electron chi connectivity index (χ4n) is 2.72. The van der Waals surface area contributed by atoms with Crippen LogP contribution in [0.15, 0.2) is 0 Å². The van der Waals surface area contributed by atoms with Crippen LogP contribution in [0.3, 0.4) is 0 Å². The van der Waals surface area contributed by atoms with Crippen LogP contribution in [0.5, 0.6) is 0 Å². The molecule has 0 spiro atoms. The number of hydroxylamine groups is 2. The number of rotatable bonds is 12. The van der Waals surface area contributed by atoms with E-state index >= 15 is 0 Å². The number of hydrogen-bond acceptors (Lipinski definition) is 5. The van der Waals surface area contributed by atoms with Crippen LogP contribution in [0.25, 0.3) is 0 Å². The van der Waals surface area contributed by atoms with Crippen molar-refractivity contribution < 1.29 is 14.4 Å². The molecule has 0 saturated carbocycles. The number of unbranched alkanes of at least 4 members (excludes halogenated alkanes) is 3. The van der Waals surface area contributed by atoms with Gasteiger partial charge in [-0.2, -0.15) is 0 Å². The lowest BCUT2D eigenvalue weighted by molar-refractivity contribution is 0.0332. The molecule has 0 unspecified atom stereocenters. The molecule has 2 fully saturated rings. The molecule has 164 valence electrons. The Kier molecular flexibility index (Phi) is 20.4. The molecule has 0 bridgehead atoms.